The topological polar surface area (TPSA) is 0 Å². The molecule has 1 aromatic carbocycles. The van der Waals surface area contributed by atoms with Crippen LogP contribution in [0.2, 0.25) is 0 Å². The predicted octanol–water partition coefficient (Wildman–Crippen LogP) is 4.38. The minimum absolute atomic E-state index is 0.843. The van der Waals surface area contributed by atoms with Crippen molar-refractivity contribution in [1.82, 2.24) is 0 Å². The molecule has 0 saturated heterocycles. The van der Waals surface area contributed by atoms with Crippen molar-refractivity contribution in [2.45, 2.75) is 51.9 Å². The van der Waals surface area contributed by atoms with Gasteiger partial charge in [-0.1, -0.05) is 50.5 Å². The number of benzene rings is 1. The smallest absolute Gasteiger partial charge is 0.0127 e. The second-order valence-corrected chi connectivity index (χ2v) is 4.33. The van der Waals surface area contributed by atoms with Gasteiger partial charge in [0.15, 0.2) is 0 Å². The van der Waals surface area contributed by atoms with E-state index in [0.29, 0.717) is 0 Å². The fraction of sp³-hybridized carbons (Fsp3) is 0.500. The summed E-state index contributed by atoms with van der Waals surface area (Å²) in [7, 11) is 0. The van der Waals surface area contributed by atoms with Gasteiger partial charge in [-0.15, -0.1) is 12.3 Å². The molecule has 1 rings (SSSR count). The van der Waals surface area contributed by atoms with Gasteiger partial charge in [0, 0.05) is 6.42 Å². The second kappa shape index (κ2) is 7.99. The van der Waals surface area contributed by atoms with Crippen LogP contribution in [0.25, 0.3) is 0 Å². The Kier molecular flexibility index (Phi) is 6.42. The maximum Gasteiger partial charge on any atom is 0.0127 e. The average molecular weight is 214 g/mol. The number of unbranched alkanes of at least 4 members (excludes halogenated alkanes) is 3. The molecule has 0 nitrogen and oxygen atoms in total. The van der Waals surface area contributed by atoms with E-state index in [1.54, 1.807) is 0 Å². The molecule has 0 fully saturated rings. The normalized spacial score (nSPS) is 10.0. The lowest BCUT2D eigenvalue weighted by Gasteiger charge is -2.03. The van der Waals surface area contributed by atoms with Gasteiger partial charge in [-0.2, -0.15) is 0 Å². The van der Waals surface area contributed by atoms with Gasteiger partial charge in [-0.05, 0) is 30.4 Å². The first-order chi connectivity index (χ1) is 7.86. The molecule has 0 aliphatic heterocycles. The zero-order valence-electron chi connectivity index (χ0n) is 10.3. The molecule has 0 saturated carbocycles. The van der Waals surface area contributed by atoms with Crippen molar-refractivity contribution < 1.29 is 0 Å². The van der Waals surface area contributed by atoms with Crippen molar-refractivity contribution in [3.05, 3.63) is 35.4 Å². The third-order valence-electron chi connectivity index (χ3n) is 2.90. The Morgan fingerprint density at radius 2 is 1.56 bits per heavy atom. The Labute approximate surface area is 100 Å². The Hall–Kier alpha value is -1.22. The number of rotatable bonds is 7. The third kappa shape index (κ3) is 5.03. The first-order valence-electron chi connectivity index (χ1n) is 6.38. The summed E-state index contributed by atoms with van der Waals surface area (Å²) in [6.07, 6.45) is 13.7. The molecule has 0 aliphatic carbocycles. The van der Waals surface area contributed by atoms with Gasteiger partial charge in [0.05, 0.1) is 0 Å². The van der Waals surface area contributed by atoms with Crippen molar-refractivity contribution in [2.24, 2.45) is 0 Å². The van der Waals surface area contributed by atoms with Crippen LogP contribution >= 0.6 is 0 Å². The molecule has 0 N–H and O–H groups in total. The Balaban J connectivity index is 2.31. The average Bonchev–Trinajstić information content (AvgIpc) is 2.33. The molecule has 0 amide bonds. The highest BCUT2D eigenvalue weighted by molar-refractivity contribution is 5.23. The summed E-state index contributed by atoms with van der Waals surface area (Å²) in [5.74, 6) is 2.68. The molecule has 16 heavy (non-hydrogen) atoms. The monoisotopic (exact) mass is 214 g/mol. The lowest BCUT2D eigenvalue weighted by Crippen LogP contribution is -1.88. The molecule has 0 heteroatoms. The van der Waals surface area contributed by atoms with E-state index in [9.17, 15) is 0 Å². The van der Waals surface area contributed by atoms with Crippen LogP contribution in [0, 0.1) is 12.3 Å². The summed E-state index contributed by atoms with van der Waals surface area (Å²) >= 11 is 0. The SMILES string of the molecule is C#CCCc1ccc(CCCCCC)cc1. The second-order valence-electron chi connectivity index (χ2n) is 4.33. The van der Waals surface area contributed by atoms with Crippen molar-refractivity contribution in [2.75, 3.05) is 0 Å². The minimum Gasteiger partial charge on any atom is -0.120 e. The van der Waals surface area contributed by atoms with Gasteiger partial charge in [0.25, 0.3) is 0 Å². The quantitative estimate of drug-likeness (QED) is 0.467. The first-order valence-corrected chi connectivity index (χ1v) is 6.38. The van der Waals surface area contributed by atoms with Gasteiger partial charge in [-0.25, -0.2) is 0 Å². The van der Waals surface area contributed by atoms with Crippen LogP contribution in [-0.2, 0) is 12.8 Å². The maximum absolute atomic E-state index is 5.25. The Morgan fingerprint density at radius 3 is 2.12 bits per heavy atom. The van der Waals surface area contributed by atoms with Gasteiger partial charge in [0.2, 0.25) is 0 Å². The lowest BCUT2D eigenvalue weighted by atomic mass is 10.0. The molecular formula is C16H22. The molecule has 0 aromatic heterocycles. The predicted molar refractivity (Wildman–Crippen MR) is 71.4 cm³/mol. The van der Waals surface area contributed by atoms with E-state index in [1.165, 1.54) is 43.2 Å². The summed E-state index contributed by atoms with van der Waals surface area (Å²) in [5.41, 5.74) is 2.82. The zero-order valence-corrected chi connectivity index (χ0v) is 10.3. The van der Waals surface area contributed by atoms with E-state index >= 15 is 0 Å². The van der Waals surface area contributed by atoms with Crippen molar-refractivity contribution in [3.63, 3.8) is 0 Å². The van der Waals surface area contributed by atoms with Crippen LogP contribution in [0.3, 0.4) is 0 Å². The first kappa shape index (κ1) is 12.8. The highest BCUT2D eigenvalue weighted by atomic mass is 14.0. The van der Waals surface area contributed by atoms with E-state index < -0.39 is 0 Å². The molecule has 0 spiro atoms. The number of terminal acetylenes is 1. The van der Waals surface area contributed by atoms with Crippen LogP contribution in [-0.4, -0.2) is 0 Å². The summed E-state index contributed by atoms with van der Waals surface area (Å²) < 4.78 is 0. The zero-order chi connectivity index (χ0) is 11.6. The van der Waals surface area contributed by atoms with Gasteiger partial charge >= 0.3 is 0 Å². The molecule has 1 aromatic rings. The van der Waals surface area contributed by atoms with E-state index in [-0.39, 0.29) is 0 Å². The lowest BCUT2D eigenvalue weighted by molar-refractivity contribution is 0.667. The molecule has 0 atom stereocenters. The van der Waals surface area contributed by atoms with Gasteiger partial charge in [-0.3, -0.25) is 0 Å². The van der Waals surface area contributed by atoms with Crippen molar-refractivity contribution in [3.8, 4) is 12.3 Å². The third-order valence-corrected chi connectivity index (χ3v) is 2.90. The van der Waals surface area contributed by atoms with E-state index in [1.807, 2.05) is 0 Å². The highest BCUT2D eigenvalue weighted by Gasteiger charge is 1.95. The molecule has 0 unspecified atom stereocenters. The number of aryl methyl sites for hydroxylation is 2. The number of hydrogen-bond acceptors (Lipinski definition) is 0. The fourth-order valence-corrected chi connectivity index (χ4v) is 1.85. The molecule has 0 aliphatic rings. The van der Waals surface area contributed by atoms with Gasteiger partial charge in [0.1, 0.15) is 0 Å². The van der Waals surface area contributed by atoms with E-state index in [2.05, 4.69) is 37.1 Å². The maximum atomic E-state index is 5.25. The van der Waals surface area contributed by atoms with Crippen molar-refractivity contribution >= 4 is 0 Å². The van der Waals surface area contributed by atoms with E-state index in [4.69, 9.17) is 6.42 Å². The van der Waals surface area contributed by atoms with Crippen LogP contribution in [0.15, 0.2) is 24.3 Å². The fourth-order valence-electron chi connectivity index (χ4n) is 1.85. The van der Waals surface area contributed by atoms with Crippen LogP contribution in [0.4, 0.5) is 0 Å². The minimum atomic E-state index is 0.843. The van der Waals surface area contributed by atoms with Crippen LogP contribution in [0.1, 0.15) is 50.2 Å². The summed E-state index contributed by atoms with van der Waals surface area (Å²) in [6, 6.07) is 8.93. The molecule has 0 bridgehead atoms. The van der Waals surface area contributed by atoms with Crippen LogP contribution in [0.5, 0.6) is 0 Å². The van der Waals surface area contributed by atoms with Crippen molar-refractivity contribution in [1.29, 1.82) is 0 Å². The Bertz CT molecular complexity index is 313. The molecule has 0 radical (unpaired) electrons. The van der Waals surface area contributed by atoms with E-state index in [0.717, 1.165) is 12.8 Å². The number of hydrogen-bond donors (Lipinski definition) is 0. The summed E-state index contributed by atoms with van der Waals surface area (Å²) in [5, 5.41) is 0. The standard InChI is InChI=1S/C16H22/c1-3-5-7-8-10-16-13-11-15(12-14-16)9-6-4-2/h2,11-14H,3,5-10H2,1H3. The Morgan fingerprint density at radius 1 is 0.938 bits per heavy atom. The largest absolute Gasteiger partial charge is 0.120 e. The molecular weight excluding hydrogens is 192 g/mol. The van der Waals surface area contributed by atoms with Crippen LogP contribution < -0.4 is 0 Å². The molecule has 0 heterocycles. The molecule has 86 valence electrons. The summed E-state index contributed by atoms with van der Waals surface area (Å²) in [4.78, 5) is 0. The van der Waals surface area contributed by atoms with Gasteiger partial charge < -0.3 is 0 Å². The highest BCUT2D eigenvalue weighted by Crippen LogP contribution is 2.10. The summed E-state index contributed by atoms with van der Waals surface area (Å²) in [6.45, 7) is 2.25.